The Bertz CT molecular complexity index is 131. The molecular weight excluding hydrogens is 126 g/mol. The van der Waals surface area contributed by atoms with Gasteiger partial charge in [-0.05, 0) is 13.8 Å². The SMILES string of the molecule is C[C@@H](N)CN1C=N[C@@H](C)C1. The molecule has 0 aromatic rings. The van der Waals surface area contributed by atoms with Crippen LogP contribution in [0.15, 0.2) is 4.99 Å². The topological polar surface area (TPSA) is 41.6 Å². The molecular formula is C7H15N3. The first-order chi connectivity index (χ1) is 4.68. The van der Waals surface area contributed by atoms with Crippen molar-refractivity contribution in [3.8, 4) is 0 Å². The zero-order chi connectivity index (χ0) is 7.56. The molecule has 0 saturated carbocycles. The largest absolute Gasteiger partial charge is 0.359 e. The predicted octanol–water partition coefficient (Wildman–Crippen LogP) is 0.0660. The van der Waals surface area contributed by atoms with Crippen LogP contribution in [-0.2, 0) is 0 Å². The molecule has 0 aromatic heterocycles. The fourth-order valence-electron chi connectivity index (χ4n) is 1.13. The zero-order valence-corrected chi connectivity index (χ0v) is 6.62. The summed E-state index contributed by atoms with van der Waals surface area (Å²) in [6.07, 6.45) is 1.90. The third-order valence-electron chi connectivity index (χ3n) is 1.51. The number of rotatable bonds is 2. The van der Waals surface area contributed by atoms with Crippen LogP contribution < -0.4 is 5.73 Å². The van der Waals surface area contributed by atoms with Crippen LogP contribution in [0.4, 0.5) is 0 Å². The van der Waals surface area contributed by atoms with Crippen molar-refractivity contribution < 1.29 is 0 Å². The molecule has 1 rings (SSSR count). The van der Waals surface area contributed by atoms with E-state index in [0.717, 1.165) is 13.1 Å². The molecule has 1 heterocycles. The summed E-state index contributed by atoms with van der Waals surface area (Å²) in [6, 6.07) is 0.704. The predicted molar refractivity (Wildman–Crippen MR) is 43.2 cm³/mol. The maximum absolute atomic E-state index is 5.61. The highest BCUT2D eigenvalue weighted by molar-refractivity contribution is 5.57. The lowest BCUT2D eigenvalue weighted by Gasteiger charge is -2.16. The monoisotopic (exact) mass is 141 g/mol. The molecule has 0 aromatic carbocycles. The summed E-state index contributed by atoms with van der Waals surface area (Å²) in [5.41, 5.74) is 5.61. The Balaban J connectivity index is 2.26. The van der Waals surface area contributed by atoms with Gasteiger partial charge in [0.15, 0.2) is 0 Å². The van der Waals surface area contributed by atoms with Gasteiger partial charge in [0, 0.05) is 19.1 Å². The van der Waals surface area contributed by atoms with Gasteiger partial charge < -0.3 is 10.6 Å². The first-order valence-corrected chi connectivity index (χ1v) is 3.71. The molecule has 0 amide bonds. The number of nitrogens with zero attached hydrogens (tertiary/aromatic N) is 2. The lowest BCUT2D eigenvalue weighted by Crippen LogP contribution is -2.34. The van der Waals surface area contributed by atoms with Crippen LogP contribution in [0.5, 0.6) is 0 Å². The van der Waals surface area contributed by atoms with E-state index in [-0.39, 0.29) is 6.04 Å². The Morgan fingerprint density at radius 1 is 1.90 bits per heavy atom. The van der Waals surface area contributed by atoms with E-state index in [4.69, 9.17) is 5.73 Å². The van der Waals surface area contributed by atoms with Gasteiger partial charge in [0.2, 0.25) is 0 Å². The molecule has 10 heavy (non-hydrogen) atoms. The van der Waals surface area contributed by atoms with Gasteiger partial charge in [-0.15, -0.1) is 0 Å². The Labute approximate surface area is 61.9 Å². The van der Waals surface area contributed by atoms with Crippen molar-refractivity contribution in [3.05, 3.63) is 0 Å². The summed E-state index contributed by atoms with van der Waals surface area (Å²) in [7, 11) is 0. The lowest BCUT2D eigenvalue weighted by atomic mass is 10.3. The normalized spacial score (nSPS) is 27.5. The second kappa shape index (κ2) is 3.01. The van der Waals surface area contributed by atoms with Crippen LogP contribution in [-0.4, -0.2) is 36.4 Å². The molecule has 3 nitrogen and oxygen atoms in total. The van der Waals surface area contributed by atoms with Crippen molar-refractivity contribution in [2.24, 2.45) is 10.7 Å². The smallest absolute Gasteiger partial charge is 0.0855 e. The minimum absolute atomic E-state index is 0.247. The van der Waals surface area contributed by atoms with Gasteiger partial charge in [-0.25, -0.2) is 0 Å². The van der Waals surface area contributed by atoms with Gasteiger partial charge in [-0.3, -0.25) is 4.99 Å². The van der Waals surface area contributed by atoms with Crippen LogP contribution in [0.1, 0.15) is 13.8 Å². The highest BCUT2D eigenvalue weighted by Gasteiger charge is 2.12. The molecule has 2 atom stereocenters. The van der Waals surface area contributed by atoms with Crippen molar-refractivity contribution in [2.75, 3.05) is 13.1 Å². The quantitative estimate of drug-likeness (QED) is 0.591. The molecule has 0 spiro atoms. The Morgan fingerprint density at radius 3 is 3.00 bits per heavy atom. The van der Waals surface area contributed by atoms with E-state index in [9.17, 15) is 0 Å². The van der Waals surface area contributed by atoms with E-state index >= 15 is 0 Å². The Hall–Kier alpha value is -0.570. The zero-order valence-electron chi connectivity index (χ0n) is 6.62. The molecule has 1 aliphatic heterocycles. The van der Waals surface area contributed by atoms with Gasteiger partial charge >= 0.3 is 0 Å². The minimum atomic E-state index is 0.247. The highest BCUT2D eigenvalue weighted by atomic mass is 15.2. The standard InChI is InChI=1S/C7H15N3/c1-6(8)3-10-4-7(2)9-5-10/h5-7H,3-4,8H2,1-2H3/t6-,7+/m1/s1. The van der Waals surface area contributed by atoms with Gasteiger partial charge in [-0.2, -0.15) is 0 Å². The van der Waals surface area contributed by atoms with Crippen LogP contribution in [0.3, 0.4) is 0 Å². The molecule has 0 aliphatic carbocycles. The van der Waals surface area contributed by atoms with Gasteiger partial charge in [-0.1, -0.05) is 0 Å². The van der Waals surface area contributed by atoms with Crippen LogP contribution in [0, 0.1) is 0 Å². The highest BCUT2D eigenvalue weighted by Crippen LogP contribution is 2.01. The summed E-state index contributed by atoms with van der Waals surface area (Å²) in [5, 5.41) is 0. The second-order valence-corrected chi connectivity index (χ2v) is 3.04. The number of nitrogens with two attached hydrogens (primary N) is 1. The van der Waals surface area contributed by atoms with Gasteiger partial charge in [0.1, 0.15) is 0 Å². The Morgan fingerprint density at radius 2 is 2.60 bits per heavy atom. The summed E-state index contributed by atoms with van der Waals surface area (Å²) < 4.78 is 0. The third kappa shape index (κ3) is 1.99. The molecule has 0 radical (unpaired) electrons. The van der Waals surface area contributed by atoms with E-state index in [1.807, 2.05) is 13.3 Å². The van der Waals surface area contributed by atoms with Crippen molar-refractivity contribution >= 4 is 6.34 Å². The van der Waals surface area contributed by atoms with Crippen LogP contribution in [0.2, 0.25) is 0 Å². The summed E-state index contributed by atoms with van der Waals surface area (Å²) in [4.78, 5) is 6.38. The van der Waals surface area contributed by atoms with E-state index in [1.165, 1.54) is 0 Å². The average molecular weight is 141 g/mol. The van der Waals surface area contributed by atoms with Crippen LogP contribution >= 0.6 is 0 Å². The molecule has 3 heteroatoms. The first-order valence-electron chi connectivity index (χ1n) is 3.71. The van der Waals surface area contributed by atoms with E-state index in [1.54, 1.807) is 0 Å². The fourth-order valence-corrected chi connectivity index (χ4v) is 1.13. The number of hydrogen-bond acceptors (Lipinski definition) is 3. The molecule has 0 fully saturated rings. The van der Waals surface area contributed by atoms with Gasteiger partial charge in [0.25, 0.3) is 0 Å². The van der Waals surface area contributed by atoms with Crippen molar-refractivity contribution in [2.45, 2.75) is 25.9 Å². The maximum atomic E-state index is 5.61. The second-order valence-electron chi connectivity index (χ2n) is 3.04. The Kier molecular flexibility index (Phi) is 2.27. The summed E-state index contributed by atoms with van der Waals surface area (Å²) >= 11 is 0. The maximum Gasteiger partial charge on any atom is 0.0855 e. The number of hydrogen-bond donors (Lipinski definition) is 1. The minimum Gasteiger partial charge on any atom is -0.359 e. The lowest BCUT2D eigenvalue weighted by molar-refractivity contribution is 0.412. The fraction of sp³-hybridized carbons (Fsp3) is 0.857. The summed E-state index contributed by atoms with van der Waals surface area (Å²) in [6.45, 7) is 6.07. The van der Waals surface area contributed by atoms with E-state index in [2.05, 4.69) is 16.8 Å². The van der Waals surface area contributed by atoms with Crippen molar-refractivity contribution in [3.63, 3.8) is 0 Å². The summed E-state index contributed by atoms with van der Waals surface area (Å²) in [5.74, 6) is 0. The molecule has 2 N–H and O–H groups in total. The molecule has 0 bridgehead atoms. The molecule has 1 aliphatic rings. The van der Waals surface area contributed by atoms with Crippen molar-refractivity contribution in [1.82, 2.24) is 4.90 Å². The number of aliphatic imine (C=N–C) groups is 1. The van der Waals surface area contributed by atoms with Gasteiger partial charge in [0.05, 0.1) is 12.4 Å². The molecule has 0 unspecified atom stereocenters. The van der Waals surface area contributed by atoms with E-state index in [0.29, 0.717) is 6.04 Å². The average Bonchev–Trinajstić information content (AvgIpc) is 2.13. The first kappa shape index (κ1) is 7.54. The third-order valence-corrected chi connectivity index (χ3v) is 1.51. The molecule has 58 valence electrons. The van der Waals surface area contributed by atoms with Crippen LogP contribution in [0.25, 0.3) is 0 Å². The van der Waals surface area contributed by atoms with Crippen molar-refractivity contribution in [1.29, 1.82) is 0 Å². The molecule has 0 saturated heterocycles. The van der Waals surface area contributed by atoms with E-state index < -0.39 is 0 Å².